The Morgan fingerprint density at radius 3 is 2.32 bits per heavy atom. The Kier molecular flexibility index (Phi) is 4.87. The molecule has 0 bridgehead atoms. The van der Waals surface area contributed by atoms with Crippen molar-refractivity contribution in [2.45, 2.75) is 0 Å². The smallest absolute Gasteiger partial charge is 0.322 e. The lowest BCUT2D eigenvalue weighted by molar-refractivity contribution is 0.102. The lowest BCUT2D eigenvalue weighted by atomic mass is 10.2. The third-order valence-corrected chi connectivity index (χ3v) is 4.19. The molecule has 0 spiro atoms. The van der Waals surface area contributed by atoms with Gasteiger partial charge in [-0.25, -0.2) is 9.36 Å². The second-order valence-corrected chi connectivity index (χ2v) is 6.44. The summed E-state index contributed by atoms with van der Waals surface area (Å²) >= 11 is 9.12. The van der Waals surface area contributed by atoms with Crippen LogP contribution in [0.5, 0.6) is 0 Å². The summed E-state index contributed by atoms with van der Waals surface area (Å²) in [4.78, 5) is 39.4. The molecule has 0 atom stereocenters. The minimum Gasteiger partial charge on any atom is -0.322 e. The van der Waals surface area contributed by atoms with Crippen LogP contribution in [-0.4, -0.2) is 15.5 Å². The van der Waals surface area contributed by atoms with E-state index in [9.17, 15) is 14.4 Å². The van der Waals surface area contributed by atoms with E-state index in [2.05, 4.69) is 26.2 Å². The predicted molar refractivity (Wildman–Crippen MR) is 99.8 cm³/mol. The lowest BCUT2D eigenvalue weighted by Gasteiger charge is -2.08. The van der Waals surface area contributed by atoms with Crippen molar-refractivity contribution < 1.29 is 4.79 Å². The number of nitrogens with one attached hydrogen (secondary N) is 2. The van der Waals surface area contributed by atoms with Gasteiger partial charge < -0.3 is 10.3 Å². The van der Waals surface area contributed by atoms with Gasteiger partial charge in [-0.1, -0.05) is 27.5 Å². The molecule has 0 unspecified atom stereocenters. The second-order valence-electron chi connectivity index (χ2n) is 5.09. The van der Waals surface area contributed by atoms with E-state index < -0.39 is 17.2 Å². The Hall–Kier alpha value is -2.64. The molecule has 0 saturated heterocycles. The van der Waals surface area contributed by atoms with E-state index in [1.807, 2.05) is 0 Å². The van der Waals surface area contributed by atoms with Crippen molar-refractivity contribution in [3.63, 3.8) is 0 Å². The van der Waals surface area contributed by atoms with Crippen molar-refractivity contribution in [3.8, 4) is 5.69 Å². The average molecular weight is 421 g/mol. The highest BCUT2D eigenvalue weighted by Crippen LogP contribution is 2.15. The third-order valence-electron chi connectivity index (χ3n) is 3.41. The van der Waals surface area contributed by atoms with Crippen LogP contribution in [0.1, 0.15) is 10.4 Å². The van der Waals surface area contributed by atoms with Gasteiger partial charge in [0.2, 0.25) is 0 Å². The summed E-state index contributed by atoms with van der Waals surface area (Å²) in [6.07, 6.45) is 1.10. The van der Waals surface area contributed by atoms with Crippen LogP contribution in [0.15, 0.2) is 68.8 Å². The van der Waals surface area contributed by atoms with Gasteiger partial charge in [-0.3, -0.25) is 9.59 Å². The Morgan fingerprint density at radius 2 is 1.68 bits per heavy atom. The highest BCUT2D eigenvalue weighted by atomic mass is 79.9. The molecular weight excluding hydrogens is 410 g/mol. The minimum atomic E-state index is -0.722. The normalized spacial score (nSPS) is 10.5. The van der Waals surface area contributed by atoms with Crippen LogP contribution in [0, 0.1) is 0 Å². The second kappa shape index (κ2) is 7.08. The zero-order chi connectivity index (χ0) is 18.0. The SMILES string of the molecule is O=C(Nc1ccc(Br)cc1)c1c[nH]c(=O)n(-c2ccc(Cl)cc2)c1=O. The molecule has 0 radical (unpaired) electrons. The van der Waals surface area contributed by atoms with Gasteiger partial charge in [0.25, 0.3) is 11.5 Å². The number of hydrogen-bond donors (Lipinski definition) is 2. The van der Waals surface area contributed by atoms with Gasteiger partial charge in [-0.05, 0) is 48.5 Å². The van der Waals surface area contributed by atoms with Crippen molar-refractivity contribution in [1.29, 1.82) is 0 Å². The molecule has 6 nitrogen and oxygen atoms in total. The molecule has 3 rings (SSSR count). The largest absolute Gasteiger partial charge is 0.333 e. The maximum absolute atomic E-state index is 12.6. The number of benzene rings is 2. The number of amides is 1. The van der Waals surface area contributed by atoms with Crippen molar-refractivity contribution >= 4 is 39.1 Å². The summed E-state index contributed by atoms with van der Waals surface area (Å²) in [6, 6.07) is 13.0. The fourth-order valence-corrected chi connectivity index (χ4v) is 2.58. The Labute approximate surface area is 155 Å². The van der Waals surface area contributed by atoms with Crippen LogP contribution in [0.4, 0.5) is 5.69 Å². The van der Waals surface area contributed by atoms with Crippen molar-refractivity contribution in [2.75, 3.05) is 5.32 Å². The van der Waals surface area contributed by atoms with E-state index in [-0.39, 0.29) is 5.56 Å². The van der Waals surface area contributed by atoms with Crippen molar-refractivity contribution in [3.05, 3.63) is 90.6 Å². The number of carbonyl (C=O) groups excluding carboxylic acids is 1. The number of carbonyl (C=O) groups is 1. The van der Waals surface area contributed by atoms with Gasteiger partial charge >= 0.3 is 5.69 Å². The number of anilines is 1. The van der Waals surface area contributed by atoms with E-state index >= 15 is 0 Å². The molecule has 25 heavy (non-hydrogen) atoms. The number of aromatic amines is 1. The van der Waals surface area contributed by atoms with Crippen LogP contribution >= 0.6 is 27.5 Å². The average Bonchev–Trinajstić information content (AvgIpc) is 2.58. The molecule has 0 aliphatic carbocycles. The number of hydrogen-bond acceptors (Lipinski definition) is 3. The molecular formula is C17H11BrClN3O3. The summed E-state index contributed by atoms with van der Waals surface area (Å²) in [7, 11) is 0. The molecule has 1 heterocycles. The summed E-state index contributed by atoms with van der Waals surface area (Å²) in [5.41, 5.74) is -0.712. The molecule has 0 fully saturated rings. The van der Waals surface area contributed by atoms with Gasteiger partial charge in [0.1, 0.15) is 5.56 Å². The summed E-state index contributed by atoms with van der Waals surface area (Å²) in [5.74, 6) is -0.619. The first-order valence-corrected chi connectivity index (χ1v) is 8.30. The van der Waals surface area contributed by atoms with Gasteiger partial charge in [0.05, 0.1) is 5.69 Å². The quantitative estimate of drug-likeness (QED) is 0.682. The first-order valence-electron chi connectivity index (χ1n) is 7.13. The van der Waals surface area contributed by atoms with Crippen LogP contribution in [0.2, 0.25) is 5.02 Å². The molecule has 0 aliphatic heterocycles. The van der Waals surface area contributed by atoms with E-state index in [0.29, 0.717) is 16.4 Å². The van der Waals surface area contributed by atoms with Crippen LogP contribution in [0.3, 0.4) is 0 Å². The third kappa shape index (κ3) is 3.72. The molecule has 126 valence electrons. The minimum absolute atomic E-state index is 0.183. The Bertz CT molecular complexity index is 1040. The van der Waals surface area contributed by atoms with Crippen molar-refractivity contribution in [1.82, 2.24) is 9.55 Å². The van der Waals surface area contributed by atoms with Crippen LogP contribution in [-0.2, 0) is 0 Å². The zero-order valence-electron chi connectivity index (χ0n) is 12.6. The molecule has 2 N–H and O–H groups in total. The maximum Gasteiger partial charge on any atom is 0.333 e. The molecule has 0 aliphatic rings. The highest BCUT2D eigenvalue weighted by molar-refractivity contribution is 9.10. The summed E-state index contributed by atoms with van der Waals surface area (Å²) < 4.78 is 1.74. The number of rotatable bonds is 3. The molecule has 3 aromatic rings. The predicted octanol–water partition coefficient (Wildman–Crippen LogP) is 3.19. The molecule has 1 amide bonds. The number of aromatic nitrogens is 2. The van der Waals surface area contributed by atoms with Gasteiger partial charge in [-0.15, -0.1) is 0 Å². The fraction of sp³-hybridized carbons (Fsp3) is 0. The van der Waals surface area contributed by atoms with Crippen LogP contribution < -0.4 is 16.6 Å². The monoisotopic (exact) mass is 419 g/mol. The van der Waals surface area contributed by atoms with Gasteiger partial charge in [0.15, 0.2) is 0 Å². The fourth-order valence-electron chi connectivity index (χ4n) is 2.19. The Morgan fingerprint density at radius 1 is 1.04 bits per heavy atom. The first kappa shape index (κ1) is 17.2. The van der Waals surface area contributed by atoms with Crippen molar-refractivity contribution in [2.24, 2.45) is 0 Å². The van der Waals surface area contributed by atoms with Gasteiger partial charge in [0, 0.05) is 21.4 Å². The molecule has 2 aromatic carbocycles. The maximum atomic E-state index is 12.6. The Balaban J connectivity index is 2.00. The summed E-state index contributed by atoms with van der Waals surface area (Å²) in [5, 5.41) is 3.09. The van der Waals surface area contributed by atoms with E-state index in [0.717, 1.165) is 15.2 Å². The van der Waals surface area contributed by atoms with E-state index in [1.54, 1.807) is 36.4 Å². The number of H-pyrrole nitrogens is 1. The molecule has 8 heteroatoms. The zero-order valence-corrected chi connectivity index (χ0v) is 15.0. The number of halogens is 2. The first-order chi connectivity index (χ1) is 12.0. The van der Waals surface area contributed by atoms with E-state index in [1.165, 1.54) is 12.1 Å². The summed E-state index contributed by atoms with van der Waals surface area (Å²) in [6.45, 7) is 0. The standard InChI is InChI=1S/C17H11BrClN3O3/c18-10-1-5-12(6-2-10)21-15(23)14-9-20-17(25)22(16(14)24)13-7-3-11(19)4-8-13/h1-9H,(H,20,25)(H,21,23). The van der Waals surface area contributed by atoms with Gasteiger partial charge in [-0.2, -0.15) is 0 Å². The van der Waals surface area contributed by atoms with Crippen LogP contribution in [0.25, 0.3) is 5.69 Å². The number of nitrogens with zero attached hydrogens (tertiary/aromatic N) is 1. The lowest BCUT2D eigenvalue weighted by Crippen LogP contribution is -2.38. The molecule has 1 aromatic heterocycles. The molecule has 0 saturated carbocycles. The van der Waals surface area contributed by atoms with E-state index in [4.69, 9.17) is 11.6 Å². The topological polar surface area (TPSA) is 84.0 Å². The highest BCUT2D eigenvalue weighted by Gasteiger charge is 2.16.